The van der Waals surface area contributed by atoms with E-state index in [-0.39, 0.29) is 0 Å². The molecule has 1 aromatic carbocycles. The SMILES string of the molecule is Sc1ccccc1CCCCCCl. The Morgan fingerprint density at radius 2 is 1.85 bits per heavy atom. The van der Waals surface area contributed by atoms with E-state index in [1.54, 1.807) is 0 Å². The van der Waals surface area contributed by atoms with Crippen LogP contribution in [0.2, 0.25) is 0 Å². The van der Waals surface area contributed by atoms with Gasteiger partial charge in [-0.3, -0.25) is 0 Å². The first-order valence-electron chi connectivity index (χ1n) is 4.67. The van der Waals surface area contributed by atoms with Gasteiger partial charge in [-0.1, -0.05) is 24.6 Å². The molecule has 0 bridgehead atoms. The molecular weight excluding hydrogens is 200 g/mol. The van der Waals surface area contributed by atoms with Gasteiger partial charge in [0.2, 0.25) is 0 Å². The first-order chi connectivity index (χ1) is 6.34. The molecule has 0 saturated carbocycles. The van der Waals surface area contributed by atoms with Crippen LogP contribution in [0.4, 0.5) is 0 Å². The number of halogens is 1. The zero-order chi connectivity index (χ0) is 9.52. The van der Waals surface area contributed by atoms with Crippen LogP contribution < -0.4 is 0 Å². The molecule has 0 spiro atoms. The predicted molar refractivity (Wildman–Crippen MR) is 62.0 cm³/mol. The molecule has 0 atom stereocenters. The molecule has 0 radical (unpaired) electrons. The highest BCUT2D eigenvalue weighted by molar-refractivity contribution is 7.80. The Labute approximate surface area is 90.7 Å². The number of hydrogen-bond donors (Lipinski definition) is 1. The summed E-state index contributed by atoms with van der Waals surface area (Å²) in [7, 11) is 0. The highest BCUT2D eigenvalue weighted by atomic mass is 35.5. The van der Waals surface area contributed by atoms with Crippen molar-refractivity contribution < 1.29 is 0 Å². The fraction of sp³-hybridized carbons (Fsp3) is 0.455. The predicted octanol–water partition coefficient (Wildman–Crippen LogP) is 3.93. The van der Waals surface area contributed by atoms with Crippen molar-refractivity contribution in [3.63, 3.8) is 0 Å². The zero-order valence-corrected chi connectivity index (χ0v) is 9.32. The average Bonchev–Trinajstić information content (AvgIpc) is 2.15. The van der Waals surface area contributed by atoms with E-state index in [1.807, 2.05) is 12.1 Å². The summed E-state index contributed by atoms with van der Waals surface area (Å²) in [5, 5.41) is 0. The number of rotatable bonds is 5. The molecule has 0 nitrogen and oxygen atoms in total. The molecule has 0 heterocycles. The molecule has 1 rings (SSSR count). The van der Waals surface area contributed by atoms with E-state index in [1.165, 1.54) is 18.4 Å². The lowest BCUT2D eigenvalue weighted by Crippen LogP contribution is -1.87. The molecule has 0 aliphatic carbocycles. The number of unbranched alkanes of at least 4 members (excludes halogenated alkanes) is 2. The van der Waals surface area contributed by atoms with Crippen LogP contribution in [0.3, 0.4) is 0 Å². The fourth-order valence-electron chi connectivity index (χ4n) is 1.31. The van der Waals surface area contributed by atoms with Crippen LogP contribution in [-0.4, -0.2) is 5.88 Å². The topological polar surface area (TPSA) is 0 Å². The van der Waals surface area contributed by atoms with Crippen LogP contribution in [0, 0.1) is 0 Å². The van der Waals surface area contributed by atoms with Crippen molar-refractivity contribution in [1.82, 2.24) is 0 Å². The van der Waals surface area contributed by atoms with Crippen molar-refractivity contribution in [3.05, 3.63) is 29.8 Å². The quantitative estimate of drug-likeness (QED) is 0.429. The summed E-state index contributed by atoms with van der Waals surface area (Å²) < 4.78 is 0. The Morgan fingerprint density at radius 3 is 2.54 bits per heavy atom. The molecular formula is C11H15ClS. The second-order valence-electron chi connectivity index (χ2n) is 3.13. The van der Waals surface area contributed by atoms with Crippen molar-refractivity contribution in [2.24, 2.45) is 0 Å². The van der Waals surface area contributed by atoms with E-state index >= 15 is 0 Å². The standard InChI is InChI=1S/C11H15ClS/c12-9-5-1-2-6-10-7-3-4-8-11(10)13/h3-4,7-8,13H,1-2,5-6,9H2. The van der Waals surface area contributed by atoms with Gasteiger partial charge in [0.05, 0.1) is 0 Å². The Morgan fingerprint density at radius 1 is 1.08 bits per heavy atom. The first-order valence-corrected chi connectivity index (χ1v) is 5.65. The van der Waals surface area contributed by atoms with Gasteiger partial charge in [-0.05, 0) is 30.9 Å². The lowest BCUT2D eigenvalue weighted by molar-refractivity contribution is 0.715. The van der Waals surface area contributed by atoms with Gasteiger partial charge in [0.1, 0.15) is 0 Å². The molecule has 2 heteroatoms. The van der Waals surface area contributed by atoms with E-state index in [0.717, 1.165) is 23.6 Å². The van der Waals surface area contributed by atoms with Crippen LogP contribution in [-0.2, 0) is 6.42 Å². The number of thiol groups is 1. The molecule has 0 amide bonds. The highest BCUT2D eigenvalue weighted by Crippen LogP contribution is 2.15. The summed E-state index contributed by atoms with van der Waals surface area (Å²) in [5.74, 6) is 0.780. The number of benzene rings is 1. The van der Waals surface area contributed by atoms with Crippen molar-refractivity contribution in [3.8, 4) is 0 Å². The van der Waals surface area contributed by atoms with Crippen LogP contribution in [0.25, 0.3) is 0 Å². The van der Waals surface area contributed by atoms with Crippen LogP contribution >= 0.6 is 24.2 Å². The van der Waals surface area contributed by atoms with Gasteiger partial charge in [0.15, 0.2) is 0 Å². The van der Waals surface area contributed by atoms with Gasteiger partial charge >= 0.3 is 0 Å². The summed E-state index contributed by atoms with van der Waals surface area (Å²) in [6, 6.07) is 8.27. The molecule has 0 aliphatic rings. The fourth-order valence-corrected chi connectivity index (χ4v) is 1.77. The second-order valence-corrected chi connectivity index (χ2v) is 3.99. The number of aryl methyl sites for hydroxylation is 1. The van der Waals surface area contributed by atoms with Gasteiger partial charge in [-0.15, -0.1) is 24.2 Å². The minimum absolute atomic E-state index is 0.780. The zero-order valence-electron chi connectivity index (χ0n) is 7.67. The van der Waals surface area contributed by atoms with Gasteiger partial charge < -0.3 is 0 Å². The largest absolute Gasteiger partial charge is 0.143 e. The van der Waals surface area contributed by atoms with E-state index in [2.05, 4.69) is 24.8 Å². The van der Waals surface area contributed by atoms with Crippen molar-refractivity contribution in [2.45, 2.75) is 30.6 Å². The van der Waals surface area contributed by atoms with E-state index in [9.17, 15) is 0 Å². The third kappa shape index (κ3) is 4.06. The molecule has 0 saturated heterocycles. The number of hydrogen-bond acceptors (Lipinski definition) is 1. The maximum absolute atomic E-state index is 5.60. The van der Waals surface area contributed by atoms with E-state index in [4.69, 9.17) is 11.6 Å². The number of alkyl halides is 1. The van der Waals surface area contributed by atoms with E-state index in [0.29, 0.717) is 0 Å². The monoisotopic (exact) mass is 214 g/mol. The van der Waals surface area contributed by atoms with Gasteiger partial charge in [-0.25, -0.2) is 0 Å². The Hall–Kier alpha value is -0.140. The molecule has 0 aliphatic heterocycles. The van der Waals surface area contributed by atoms with E-state index < -0.39 is 0 Å². The lowest BCUT2D eigenvalue weighted by atomic mass is 10.1. The summed E-state index contributed by atoms with van der Waals surface area (Å²) in [6.45, 7) is 0. The molecule has 0 aromatic heterocycles. The maximum Gasteiger partial charge on any atom is 0.0223 e. The minimum atomic E-state index is 0.780. The molecule has 13 heavy (non-hydrogen) atoms. The average molecular weight is 215 g/mol. The summed E-state index contributed by atoms with van der Waals surface area (Å²) in [6.07, 6.45) is 4.67. The molecule has 72 valence electrons. The first kappa shape index (κ1) is 10.9. The summed E-state index contributed by atoms with van der Waals surface area (Å²) in [4.78, 5) is 1.10. The minimum Gasteiger partial charge on any atom is -0.143 e. The normalized spacial score (nSPS) is 10.3. The molecule has 1 aromatic rings. The molecule has 0 fully saturated rings. The van der Waals surface area contributed by atoms with Crippen molar-refractivity contribution in [2.75, 3.05) is 5.88 Å². The Bertz CT molecular complexity index is 248. The third-order valence-corrected chi connectivity index (χ3v) is 2.77. The maximum atomic E-state index is 5.60. The third-order valence-electron chi connectivity index (χ3n) is 2.07. The summed E-state index contributed by atoms with van der Waals surface area (Å²) >= 11 is 10.00. The summed E-state index contributed by atoms with van der Waals surface area (Å²) in [5.41, 5.74) is 1.35. The van der Waals surface area contributed by atoms with Gasteiger partial charge in [0.25, 0.3) is 0 Å². The lowest BCUT2D eigenvalue weighted by Gasteiger charge is -2.03. The smallest absolute Gasteiger partial charge is 0.0223 e. The van der Waals surface area contributed by atoms with Gasteiger partial charge in [0, 0.05) is 10.8 Å². The molecule has 0 N–H and O–H groups in total. The highest BCUT2D eigenvalue weighted by Gasteiger charge is 1.96. The van der Waals surface area contributed by atoms with Crippen molar-refractivity contribution >= 4 is 24.2 Å². The van der Waals surface area contributed by atoms with Crippen LogP contribution in [0.15, 0.2) is 29.2 Å². The van der Waals surface area contributed by atoms with Gasteiger partial charge in [-0.2, -0.15) is 0 Å². The van der Waals surface area contributed by atoms with Crippen molar-refractivity contribution in [1.29, 1.82) is 0 Å². The Kier molecular flexibility index (Phi) is 5.33. The second kappa shape index (κ2) is 6.33. The molecule has 0 unspecified atom stereocenters. The Balaban J connectivity index is 2.32. The van der Waals surface area contributed by atoms with Crippen LogP contribution in [0.1, 0.15) is 24.8 Å². The van der Waals surface area contributed by atoms with Crippen LogP contribution in [0.5, 0.6) is 0 Å².